The second-order valence-electron chi connectivity index (χ2n) is 8.33. The van der Waals surface area contributed by atoms with Gasteiger partial charge in [0.2, 0.25) is 5.75 Å². The first-order valence-electron chi connectivity index (χ1n) is 8.99. The van der Waals surface area contributed by atoms with Crippen LogP contribution in [0.4, 0.5) is 0 Å². The summed E-state index contributed by atoms with van der Waals surface area (Å²) in [6.45, 7) is 6.85. The van der Waals surface area contributed by atoms with E-state index < -0.39 is 0 Å². The monoisotopic (exact) mass is 425 g/mol. The van der Waals surface area contributed by atoms with Gasteiger partial charge in [-0.15, -0.1) is 0 Å². The number of halogens is 1. The van der Waals surface area contributed by atoms with E-state index in [1.54, 1.807) is 27.4 Å². The van der Waals surface area contributed by atoms with E-state index in [2.05, 4.69) is 42.0 Å². The minimum absolute atomic E-state index is 0.0930. The summed E-state index contributed by atoms with van der Waals surface area (Å²) in [7, 11) is 4.64. The van der Waals surface area contributed by atoms with Crippen LogP contribution in [-0.2, 0) is 0 Å². The van der Waals surface area contributed by atoms with Crippen LogP contribution < -0.4 is 19.5 Å². The van der Waals surface area contributed by atoms with Crippen LogP contribution in [0.5, 0.6) is 17.2 Å². The largest absolute Gasteiger partial charge is 0.493 e. The smallest absolute Gasteiger partial charge is 0.252 e. The van der Waals surface area contributed by atoms with Crippen LogP contribution in [0.3, 0.4) is 0 Å². The minimum Gasteiger partial charge on any atom is -0.493 e. The molecule has 0 saturated heterocycles. The summed E-state index contributed by atoms with van der Waals surface area (Å²) in [5, 5.41) is 3.32. The predicted molar refractivity (Wildman–Crippen MR) is 104 cm³/mol. The molecule has 3 atom stereocenters. The first-order chi connectivity index (χ1) is 12.2. The van der Waals surface area contributed by atoms with Crippen molar-refractivity contribution in [3.8, 4) is 17.2 Å². The average Bonchev–Trinajstić information content (AvgIpc) is 3.08. The molecule has 0 aliphatic heterocycles. The summed E-state index contributed by atoms with van der Waals surface area (Å²) in [5.41, 5.74) is 0.744. The van der Waals surface area contributed by atoms with E-state index in [-0.39, 0.29) is 22.8 Å². The van der Waals surface area contributed by atoms with E-state index in [1.165, 1.54) is 19.3 Å². The van der Waals surface area contributed by atoms with Crippen LogP contribution in [0, 0.1) is 16.7 Å². The van der Waals surface area contributed by atoms with E-state index >= 15 is 0 Å². The van der Waals surface area contributed by atoms with Crippen LogP contribution in [-0.4, -0.2) is 33.3 Å². The summed E-state index contributed by atoms with van der Waals surface area (Å²) in [6.07, 6.45) is 3.60. The molecule has 5 nitrogen and oxygen atoms in total. The molecule has 0 spiro atoms. The topological polar surface area (TPSA) is 56.8 Å². The normalized spacial score (nSPS) is 28.7. The van der Waals surface area contributed by atoms with Gasteiger partial charge in [0.15, 0.2) is 11.5 Å². The molecule has 2 aliphatic rings. The summed E-state index contributed by atoms with van der Waals surface area (Å²) in [4.78, 5) is 13.2. The third kappa shape index (κ3) is 2.77. The van der Waals surface area contributed by atoms with Crippen molar-refractivity contribution in [2.24, 2.45) is 16.7 Å². The molecule has 2 aliphatic carbocycles. The molecule has 2 bridgehead atoms. The lowest BCUT2D eigenvalue weighted by molar-refractivity contribution is 0.0736. The Labute approximate surface area is 163 Å². The van der Waals surface area contributed by atoms with E-state index in [4.69, 9.17) is 14.2 Å². The zero-order chi connectivity index (χ0) is 19.3. The molecule has 26 heavy (non-hydrogen) atoms. The second kappa shape index (κ2) is 6.63. The van der Waals surface area contributed by atoms with E-state index in [9.17, 15) is 4.79 Å². The highest BCUT2D eigenvalue weighted by atomic mass is 79.9. The SMILES string of the molecule is COc1cc(C(=O)N[C@H]2C(C)(C)[C@H]3CC[C@@]2(C)C3)c(Br)c(OC)c1OC. The Hall–Kier alpha value is -1.43. The van der Waals surface area contributed by atoms with Crippen LogP contribution in [0.25, 0.3) is 0 Å². The highest BCUT2D eigenvalue weighted by molar-refractivity contribution is 9.10. The zero-order valence-electron chi connectivity index (χ0n) is 16.4. The van der Waals surface area contributed by atoms with Gasteiger partial charge in [0.1, 0.15) is 0 Å². The maximum atomic E-state index is 13.2. The van der Waals surface area contributed by atoms with Crippen LogP contribution in [0.1, 0.15) is 50.4 Å². The molecule has 1 aromatic carbocycles. The van der Waals surface area contributed by atoms with Crippen molar-refractivity contribution >= 4 is 21.8 Å². The number of hydrogen-bond donors (Lipinski definition) is 1. The van der Waals surface area contributed by atoms with Crippen molar-refractivity contribution in [3.63, 3.8) is 0 Å². The number of nitrogens with one attached hydrogen (secondary N) is 1. The number of methoxy groups -OCH3 is 3. The van der Waals surface area contributed by atoms with Crippen molar-refractivity contribution in [2.75, 3.05) is 21.3 Å². The molecule has 2 saturated carbocycles. The molecule has 1 amide bonds. The van der Waals surface area contributed by atoms with Gasteiger partial charge in [-0.05, 0) is 58.0 Å². The number of ether oxygens (including phenoxy) is 3. The van der Waals surface area contributed by atoms with E-state index in [0.29, 0.717) is 33.2 Å². The van der Waals surface area contributed by atoms with Crippen molar-refractivity contribution in [1.29, 1.82) is 0 Å². The fraction of sp³-hybridized carbons (Fsp3) is 0.650. The van der Waals surface area contributed by atoms with Gasteiger partial charge in [0.05, 0.1) is 31.4 Å². The van der Waals surface area contributed by atoms with Gasteiger partial charge >= 0.3 is 0 Å². The number of hydrogen-bond acceptors (Lipinski definition) is 4. The highest BCUT2D eigenvalue weighted by Crippen LogP contribution is 2.62. The maximum Gasteiger partial charge on any atom is 0.252 e. The zero-order valence-corrected chi connectivity index (χ0v) is 18.0. The lowest BCUT2D eigenvalue weighted by Crippen LogP contribution is -2.52. The summed E-state index contributed by atoms with van der Waals surface area (Å²) in [5.74, 6) is 1.93. The Bertz CT molecular complexity index is 728. The lowest BCUT2D eigenvalue weighted by atomic mass is 9.68. The number of amides is 1. The number of fused-ring (bicyclic) bond motifs is 2. The molecule has 0 unspecified atom stereocenters. The van der Waals surface area contributed by atoms with Crippen molar-refractivity contribution in [2.45, 2.75) is 46.1 Å². The molecular weight excluding hydrogens is 398 g/mol. The number of carbonyl (C=O) groups is 1. The maximum absolute atomic E-state index is 13.2. The van der Waals surface area contributed by atoms with Gasteiger partial charge in [0, 0.05) is 6.04 Å². The van der Waals surface area contributed by atoms with Crippen LogP contribution >= 0.6 is 15.9 Å². The fourth-order valence-corrected chi connectivity index (χ4v) is 5.79. The molecule has 0 radical (unpaired) electrons. The van der Waals surface area contributed by atoms with E-state index in [1.807, 2.05) is 0 Å². The summed E-state index contributed by atoms with van der Waals surface area (Å²) < 4.78 is 16.8. The molecule has 2 fully saturated rings. The standard InChI is InChI=1S/C20H28BrNO4/c1-19(2)11-7-8-20(3,10-11)18(19)22-17(23)12-9-13(24-4)15(25-5)16(26-6)14(12)21/h9,11,18H,7-8,10H2,1-6H3,(H,22,23)/t11-,18-,20-/m0/s1. The average molecular weight is 426 g/mol. The number of rotatable bonds is 5. The third-order valence-corrected chi connectivity index (χ3v) is 7.35. The van der Waals surface area contributed by atoms with Gasteiger partial charge in [-0.1, -0.05) is 20.8 Å². The minimum atomic E-state index is -0.122. The Morgan fingerprint density at radius 2 is 1.81 bits per heavy atom. The van der Waals surface area contributed by atoms with Crippen molar-refractivity contribution in [3.05, 3.63) is 16.1 Å². The van der Waals surface area contributed by atoms with Gasteiger partial charge < -0.3 is 19.5 Å². The number of carbonyl (C=O) groups excluding carboxylic acids is 1. The van der Waals surface area contributed by atoms with Gasteiger partial charge in [-0.3, -0.25) is 4.79 Å². The lowest BCUT2D eigenvalue weighted by Gasteiger charge is -2.43. The molecule has 3 rings (SSSR count). The molecular formula is C20H28BrNO4. The number of benzene rings is 1. The Morgan fingerprint density at radius 3 is 2.31 bits per heavy atom. The quantitative estimate of drug-likeness (QED) is 0.758. The van der Waals surface area contributed by atoms with Crippen molar-refractivity contribution < 1.29 is 19.0 Å². The highest BCUT2D eigenvalue weighted by Gasteiger charge is 2.59. The Morgan fingerprint density at radius 1 is 1.15 bits per heavy atom. The third-order valence-electron chi connectivity index (χ3n) is 6.56. The Kier molecular flexibility index (Phi) is 4.93. The second-order valence-corrected chi connectivity index (χ2v) is 9.12. The fourth-order valence-electron chi connectivity index (χ4n) is 5.16. The van der Waals surface area contributed by atoms with Crippen LogP contribution in [0.2, 0.25) is 0 Å². The molecule has 1 aromatic rings. The van der Waals surface area contributed by atoms with E-state index in [0.717, 1.165) is 0 Å². The first-order valence-corrected chi connectivity index (χ1v) is 9.78. The van der Waals surface area contributed by atoms with Crippen molar-refractivity contribution in [1.82, 2.24) is 5.32 Å². The predicted octanol–water partition coefficient (Wildman–Crippen LogP) is 4.42. The summed E-state index contributed by atoms with van der Waals surface area (Å²) >= 11 is 3.51. The molecule has 1 N–H and O–H groups in total. The van der Waals surface area contributed by atoms with Gasteiger partial charge in [-0.25, -0.2) is 0 Å². The first kappa shape index (κ1) is 19.3. The molecule has 144 valence electrons. The molecule has 0 aromatic heterocycles. The molecule has 0 heterocycles. The van der Waals surface area contributed by atoms with Crippen LogP contribution in [0.15, 0.2) is 10.5 Å². The molecule has 6 heteroatoms. The van der Waals surface area contributed by atoms with Gasteiger partial charge in [-0.2, -0.15) is 0 Å². The Balaban J connectivity index is 1.96. The van der Waals surface area contributed by atoms with Gasteiger partial charge in [0.25, 0.3) is 5.91 Å². The summed E-state index contributed by atoms with van der Waals surface area (Å²) in [6, 6.07) is 1.84.